The van der Waals surface area contributed by atoms with E-state index in [1.54, 1.807) is 6.07 Å². The first kappa shape index (κ1) is 14.1. The van der Waals surface area contributed by atoms with Crippen molar-refractivity contribution in [1.29, 1.82) is 0 Å². The molecule has 0 aliphatic carbocycles. The summed E-state index contributed by atoms with van der Waals surface area (Å²) in [7, 11) is 0. The minimum Gasteiger partial charge on any atom is -0.388 e. The van der Waals surface area contributed by atoms with Gasteiger partial charge in [0.1, 0.15) is 12.4 Å². The summed E-state index contributed by atoms with van der Waals surface area (Å²) >= 11 is 3.26. The SMILES string of the molecule is CC(C)(C)n1c(CO)nnc1-c1cc(F)cc(Br)c1. The molecule has 0 atom stereocenters. The number of aliphatic hydroxyl groups excluding tert-OH is 1. The molecule has 2 aromatic rings. The highest BCUT2D eigenvalue weighted by molar-refractivity contribution is 9.10. The third kappa shape index (κ3) is 2.84. The number of halogens is 2. The molecule has 0 unspecified atom stereocenters. The molecular weight excluding hydrogens is 313 g/mol. The van der Waals surface area contributed by atoms with Crippen LogP contribution in [0.25, 0.3) is 11.4 Å². The van der Waals surface area contributed by atoms with E-state index in [4.69, 9.17) is 0 Å². The predicted molar refractivity (Wildman–Crippen MR) is 74.0 cm³/mol. The lowest BCUT2D eigenvalue weighted by atomic mass is 10.1. The van der Waals surface area contributed by atoms with Crippen LogP contribution in [-0.2, 0) is 12.1 Å². The number of rotatable bonds is 2. The lowest BCUT2D eigenvalue weighted by Crippen LogP contribution is -2.25. The molecule has 1 aromatic carbocycles. The molecule has 0 amide bonds. The molecule has 0 fully saturated rings. The van der Waals surface area contributed by atoms with E-state index in [1.165, 1.54) is 12.1 Å². The Hall–Kier alpha value is -1.27. The molecule has 0 spiro atoms. The normalized spacial score (nSPS) is 11.9. The zero-order valence-corrected chi connectivity index (χ0v) is 12.6. The largest absolute Gasteiger partial charge is 0.388 e. The second-order valence-electron chi connectivity index (χ2n) is 5.26. The fraction of sp³-hybridized carbons (Fsp3) is 0.385. The van der Waals surface area contributed by atoms with Gasteiger partial charge in [-0.05, 0) is 39.0 Å². The topological polar surface area (TPSA) is 50.9 Å². The molecule has 0 radical (unpaired) electrons. The minimum absolute atomic E-state index is 0.208. The number of aromatic nitrogens is 3. The van der Waals surface area contributed by atoms with Gasteiger partial charge >= 0.3 is 0 Å². The third-order valence-electron chi connectivity index (χ3n) is 2.66. The monoisotopic (exact) mass is 327 g/mol. The number of hydrogen-bond donors (Lipinski definition) is 1. The van der Waals surface area contributed by atoms with Gasteiger partial charge in [0.2, 0.25) is 0 Å². The van der Waals surface area contributed by atoms with Crippen molar-refractivity contribution in [2.75, 3.05) is 0 Å². The van der Waals surface area contributed by atoms with Gasteiger partial charge in [0, 0.05) is 15.6 Å². The molecular formula is C13H15BrFN3O. The summed E-state index contributed by atoms with van der Waals surface area (Å²) < 4.78 is 15.9. The summed E-state index contributed by atoms with van der Waals surface area (Å²) in [6.45, 7) is 5.73. The van der Waals surface area contributed by atoms with Gasteiger partial charge < -0.3 is 9.67 Å². The van der Waals surface area contributed by atoms with Crippen LogP contribution in [-0.4, -0.2) is 19.9 Å². The van der Waals surface area contributed by atoms with E-state index in [2.05, 4.69) is 26.1 Å². The highest BCUT2D eigenvalue weighted by Crippen LogP contribution is 2.28. The van der Waals surface area contributed by atoms with Crippen molar-refractivity contribution in [3.63, 3.8) is 0 Å². The first-order chi connectivity index (χ1) is 8.82. The average molecular weight is 328 g/mol. The van der Waals surface area contributed by atoms with Gasteiger partial charge in [0.05, 0.1) is 0 Å². The van der Waals surface area contributed by atoms with Crippen LogP contribution in [0.1, 0.15) is 26.6 Å². The number of nitrogens with zero attached hydrogens (tertiary/aromatic N) is 3. The highest BCUT2D eigenvalue weighted by atomic mass is 79.9. The van der Waals surface area contributed by atoms with E-state index < -0.39 is 0 Å². The Morgan fingerprint density at radius 3 is 2.47 bits per heavy atom. The fourth-order valence-corrected chi connectivity index (χ4v) is 2.46. The van der Waals surface area contributed by atoms with Crippen molar-refractivity contribution in [1.82, 2.24) is 14.8 Å². The van der Waals surface area contributed by atoms with E-state index >= 15 is 0 Å². The molecule has 19 heavy (non-hydrogen) atoms. The maximum atomic E-state index is 13.5. The van der Waals surface area contributed by atoms with Crippen LogP contribution in [0.15, 0.2) is 22.7 Å². The summed E-state index contributed by atoms with van der Waals surface area (Å²) in [4.78, 5) is 0. The first-order valence-electron chi connectivity index (χ1n) is 5.85. The highest BCUT2D eigenvalue weighted by Gasteiger charge is 2.23. The van der Waals surface area contributed by atoms with Crippen LogP contribution in [0.2, 0.25) is 0 Å². The van der Waals surface area contributed by atoms with Crippen LogP contribution in [0.3, 0.4) is 0 Å². The van der Waals surface area contributed by atoms with Crippen LogP contribution in [0.4, 0.5) is 4.39 Å². The molecule has 0 saturated heterocycles. The zero-order valence-electron chi connectivity index (χ0n) is 11.0. The number of aliphatic hydroxyl groups is 1. The maximum absolute atomic E-state index is 13.5. The van der Waals surface area contributed by atoms with Crippen LogP contribution in [0.5, 0.6) is 0 Å². The van der Waals surface area contributed by atoms with E-state index in [0.717, 1.165) is 0 Å². The molecule has 0 bridgehead atoms. The second kappa shape index (κ2) is 5.02. The Bertz CT molecular complexity index is 584. The van der Waals surface area contributed by atoms with Gasteiger partial charge in [0.25, 0.3) is 0 Å². The average Bonchev–Trinajstić information content (AvgIpc) is 2.70. The molecule has 0 aliphatic rings. The van der Waals surface area contributed by atoms with Crippen molar-refractivity contribution in [2.24, 2.45) is 0 Å². The Kier molecular flexibility index (Phi) is 3.73. The van der Waals surface area contributed by atoms with E-state index in [-0.39, 0.29) is 18.0 Å². The van der Waals surface area contributed by atoms with Crippen molar-refractivity contribution in [2.45, 2.75) is 32.9 Å². The van der Waals surface area contributed by atoms with Gasteiger partial charge in [-0.15, -0.1) is 10.2 Å². The fourth-order valence-electron chi connectivity index (χ4n) is 1.99. The molecule has 1 N–H and O–H groups in total. The Balaban J connectivity index is 2.66. The van der Waals surface area contributed by atoms with E-state index in [9.17, 15) is 9.50 Å². The van der Waals surface area contributed by atoms with Crippen molar-refractivity contribution in [3.05, 3.63) is 34.3 Å². The quantitative estimate of drug-likeness (QED) is 0.922. The van der Waals surface area contributed by atoms with Crippen LogP contribution < -0.4 is 0 Å². The summed E-state index contributed by atoms with van der Waals surface area (Å²) in [6.07, 6.45) is 0. The van der Waals surface area contributed by atoms with Crippen molar-refractivity contribution < 1.29 is 9.50 Å². The Morgan fingerprint density at radius 2 is 1.95 bits per heavy atom. The summed E-state index contributed by atoms with van der Waals surface area (Å²) in [5, 5.41) is 17.4. The predicted octanol–water partition coefficient (Wildman–Crippen LogP) is 3.09. The standard InChI is InChI=1S/C13H15BrFN3O/c1-13(2,3)18-11(7-19)16-17-12(18)8-4-9(14)6-10(15)5-8/h4-6,19H,7H2,1-3H3. The van der Waals surface area contributed by atoms with Gasteiger partial charge in [-0.2, -0.15) is 0 Å². The second-order valence-corrected chi connectivity index (χ2v) is 6.18. The van der Waals surface area contributed by atoms with E-state index in [1.807, 2.05) is 25.3 Å². The lowest BCUT2D eigenvalue weighted by Gasteiger charge is -2.24. The van der Waals surface area contributed by atoms with Gasteiger partial charge in [-0.3, -0.25) is 0 Å². The first-order valence-corrected chi connectivity index (χ1v) is 6.64. The molecule has 4 nitrogen and oxygen atoms in total. The summed E-state index contributed by atoms with van der Waals surface area (Å²) in [5.41, 5.74) is 0.310. The zero-order chi connectivity index (χ0) is 14.2. The molecule has 1 aromatic heterocycles. The molecule has 6 heteroatoms. The molecule has 0 saturated carbocycles. The van der Waals surface area contributed by atoms with Gasteiger partial charge in [-0.1, -0.05) is 15.9 Å². The Morgan fingerprint density at radius 1 is 1.26 bits per heavy atom. The number of benzene rings is 1. The van der Waals surface area contributed by atoms with Gasteiger partial charge in [-0.25, -0.2) is 4.39 Å². The molecule has 0 aliphatic heterocycles. The smallest absolute Gasteiger partial charge is 0.164 e. The third-order valence-corrected chi connectivity index (χ3v) is 3.12. The van der Waals surface area contributed by atoms with E-state index in [0.29, 0.717) is 21.7 Å². The molecule has 2 rings (SSSR count). The summed E-state index contributed by atoms with van der Waals surface area (Å²) in [5.74, 6) is 0.651. The maximum Gasteiger partial charge on any atom is 0.164 e. The van der Waals surface area contributed by atoms with Crippen molar-refractivity contribution in [3.8, 4) is 11.4 Å². The Labute approximate surface area is 119 Å². The van der Waals surface area contributed by atoms with Crippen LogP contribution >= 0.6 is 15.9 Å². The molecule has 102 valence electrons. The lowest BCUT2D eigenvalue weighted by molar-refractivity contribution is 0.250. The summed E-state index contributed by atoms with van der Waals surface area (Å²) in [6, 6.07) is 4.56. The van der Waals surface area contributed by atoms with Gasteiger partial charge in [0.15, 0.2) is 11.6 Å². The van der Waals surface area contributed by atoms with Crippen LogP contribution in [0, 0.1) is 5.82 Å². The minimum atomic E-state index is -0.349. The molecule has 1 heterocycles. The van der Waals surface area contributed by atoms with Crippen molar-refractivity contribution >= 4 is 15.9 Å². The number of hydrogen-bond acceptors (Lipinski definition) is 3.